The van der Waals surface area contributed by atoms with Crippen LogP contribution in [0, 0.1) is 0 Å². The highest BCUT2D eigenvalue weighted by Gasteiger charge is 2.42. The summed E-state index contributed by atoms with van der Waals surface area (Å²) in [6.07, 6.45) is 8.76. The predicted molar refractivity (Wildman–Crippen MR) is 68.1 cm³/mol. The average Bonchev–Trinajstić information content (AvgIpc) is 2.97. The highest BCUT2D eigenvalue weighted by Crippen LogP contribution is 2.36. The van der Waals surface area contributed by atoms with Crippen molar-refractivity contribution in [1.82, 2.24) is 4.90 Å². The lowest BCUT2D eigenvalue weighted by Crippen LogP contribution is -2.49. The van der Waals surface area contributed by atoms with Gasteiger partial charge in [0.25, 0.3) is 0 Å². The number of ketones is 1. The predicted octanol–water partition coefficient (Wildman–Crippen LogP) is 2.39. The first-order valence-electron chi connectivity index (χ1n) is 6.97. The molecule has 2 fully saturated rings. The Morgan fingerprint density at radius 3 is 2.53 bits per heavy atom. The van der Waals surface area contributed by atoms with Crippen LogP contribution in [0.2, 0.25) is 0 Å². The van der Waals surface area contributed by atoms with Crippen LogP contribution in [0.1, 0.15) is 51.4 Å². The molecule has 0 N–H and O–H groups in total. The Hall–Kier alpha value is -0.410. The normalized spacial score (nSPS) is 27.8. The summed E-state index contributed by atoms with van der Waals surface area (Å²) >= 11 is 0. The molecule has 2 aliphatic rings. The Morgan fingerprint density at radius 2 is 2.00 bits per heavy atom. The molecule has 1 aliphatic heterocycles. The molecule has 1 saturated heterocycles. The molecule has 0 aromatic rings. The molecule has 98 valence electrons. The molecule has 1 saturated carbocycles. The first kappa shape index (κ1) is 13.0. The Bertz CT molecular complexity index is 263. The van der Waals surface area contributed by atoms with Gasteiger partial charge < -0.3 is 4.74 Å². The molecular weight excluding hydrogens is 214 g/mol. The third kappa shape index (κ3) is 2.71. The number of nitrogens with zero attached hydrogens (tertiary/aromatic N) is 1. The molecule has 1 aliphatic carbocycles. The maximum atomic E-state index is 12.5. The fraction of sp³-hybridized carbons (Fsp3) is 0.929. The van der Waals surface area contributed by atoms with E-state index in [-0.39, 0.29) is 5.54 Å². The van der Waals surface area contributed by atoms with E-state index in [2.05, 4.69) is 19.0 Å². The van der Waals surface area contributed by atoms with Crippen molar-refractivity contribution < 1.29 is 9.53 Å². The van der Waals surface area contributed by atoms with Crippen LogP contribution in [0.3, 0.4) is 0 Å². The van der Waals surface area contributed by atoms with Crippen LogP contribution in [0.4, 0.5) is 0 Å². The highest BCUT2D eigenvalue weighted by molar-refractivity contribution is 5.88. The zero-order chi connectivity index (χ0) is 12.3. The number of ether oxygens (including phenoxy) is 1. The van der Waals surface area contributed by atoms with Crippen LogP contribution in [-0.2, 0) is 9.53 Å². The first-order chi connectivity index (χ1) is 8.15. The van der Waals surface area contributed by atoms with Gasteiger partial charge in [-0.3, -0.25) is 9.69 Å². The van der Waals surface area contributed by atoms with E-state index in [9.17, 15) is 4.79 Å². The molecule has 1 unspecified atom stereocenters. The smallest absolute Gasteiger partial charge is 0.153 e. The van der Waals surface area contributed by atoms with E-state index in [1.807, 2.05) is 0 Å². The monoisotopic (exact) mass is 239 g/mol. The van der Waals surface area contributed by atoms with E-state index < -0.39 is 0 Å². The van der Waals surface area contributed by atoms with Crippen LogP contribution in [0.15, 0.2) is 0 Å². The van der Waals surface area contributed by atoms with Gasteiger partial charge in [-0.1, -0.05) is 12.8 Å². The van der Waals surface area contributed by atoms with Gasteiger partial charge in [0.05, 0.1) is 11.6 Å². The van der Waals surface area contributed by atoms with Crippen molar-refractivity contribution in [2.24, 2.45) is 0 Å². The first-order valence-corrected chi connectivity index (χ1v) is 6.97. The number of carbonyl (C=O) groups is 1. The lowest BCUT2D eigenvalue weighted by molar-refractivity contribution is -0.130. The molecule has 17 heavy (non-hydrogen) atoms. The van der Waals surface area contributed by atoms with Crippen LogP contribution in [-0.4, -0.2) is 43.0 Å². The van der Waals surface area contributed by atoms with Crippen molar-refractivity contribution in [3.05, 3.63) is 0 Å². The molecule has 0 aromatic heterocycles. The minimum atomic E-state index is -0.154. The molecule has 3 nitrogen and oxygen atoms in total. The Labute approximate surface area is 105 Å². The van der Waals surface area contributed by atoms with Gasteiger partial charge in [-0.25, -0.2) is 0 Å². The van der Waals surface area contributed by atoms with E-state index >= 15 is 0 Å². The molecule has 0 radical (unpaired) electrons. The zero-order valence-electron chi connectivity index (χ0n) is 11.2. The Balaban J connectivity index is 1.88. The van der Waals surface area contributed by atoms with Gasteiger partial charge in [0.15, 0.2) is 5.78 Å². The second-order valence-corrected chi connectivity index (χ2v) is 5.73. The van der Waals surface area contributed by atoms with Gasteiger partial charge in [-0.2, -0.15) is 0 Å². The molecule has 1 heterocycles. The fourth-order valence-electron chi connectivity index (χ4n) is 3.33. The van der Waals surface area contributed by atoms with Crippen LogP contribution < -0.4 is 0 Å². The standard InChI is InChI=1S/C14H25NO2/c1-15(2)14(9-3-4-10-14)13(16)8-7-12-6-5-11-17-12/h12H,3-11H2,1-2H3. The van der Waals surface area contributed by atoms with Gasteiger partial charge in [-0.15, -0.1) is 0 Å². The van der Waals surface area contributed by atoms with E-state index in [0.29, 0.717) is 18.3 Å². The van der Waals surface area contributed by atoms with Crippen molar-refractivity contribution in [3.63, 3.8) is 0 Å². The summed E-state index contributed by atoms with van der Waals surface area (Å²) in [5.74, 6) is 0.440. The second-order valence-electron chi connectivity index (χ2n) is 5.73. The third-order valence-electron chi connectivity index (χ3n) is 4.52. The van der Waals surface area contributed by atoms with Crippen molar-refractivity contribution in [1.29, 1.82) is 0 Å². The topological polar surface area (TPSA) is 29.5 Å². The third-order valence-corrected chi connectivity index (χ3v) is 4.52. The summed E-state index contributed by atoms with van der Waals surface area (Å²) in [5, 5.41) is 0. The Morgan fingerprint density at radius 1 is 1.29 bits per heavy atom. The van der Waals surface area contributed by atoms with Crippen LogP contribution in [0.5, 0.6) is 0 Å². The lowest BCUT2D eigenvalue weighted by Gasteiger charge is -2.35. The molecule has 0 aromatic carbocycles. The Kier molecular flexibility index (Phi) is 4.21. The molecule has 1 atom stereocenters. The molecule has 0 bridgehead atoms. The van der Waals surface area contributed by atoms with Gasteiger partial charge in [0.1, 0.15) is 0 Å². The maximum Gasteiger partial charge on any atom is 0.153 e. The minimum absolute atomic E-state index is 0.154. The largest absolute Gasteiger partial charge is 0.378 e. The van der Waals surface area contributed by atoms with E-state index in [1.165, 1.54) is 12.8 Å². The van der Waals surface area contributed by atoms with E-state index in [0.717, 1.165) is 38.7 Å². The molecule has 2 rings (SSSR count). The number of carbonyl (C=O) groups excluding carboxylic acids is 1. The summed E-state index contributed by atoms with van der Waals surface area (Å²) in [5.41, 5.74) is -0.154. The van der Waals surface area contributed by atoms with Gasteiger partial charge in [0, 0.05) is 13.0 Å². The van der Waals surface area contributed by atoms with Gasteiger partial charge in [-0.05, 0) is 46.2 Å². The second kappa shape index (κ2) is 5.49. The van der Waals surface area contributed by atoms with E-state index in [4.69, 9.17) is 4.74 Å². The van der Waals surface area contributed by atoms with Gasteiger partial charge >= 0.3 is 0 Å². The fourth-order valence-corrected chi connectivity index (χ4v) is 3.33. The molecule has 0 spiro atoms. The molecule has 3 heteroatoms. The number of Topliss-reactive ketones (excluding diaryl/α,β-unsaturated/α-hetero) is 1. The maximum absolute atomic E-state index is 12.5. The van der Waals surface area contributed by atoms with Gasteiger partial charge in [0.2, 0.25) is 0 Å². The highest BCUT2D eigenvalue weighted by atomic mass is 16.5. The average molecular weight is 239 g/mol. The van der Waals surface area contributed by atoms with Crippen molar-refractivity contribution in [2.75, 3.05) is 20.7 Å². The number of hydrogen-bond donors (Lipinski definition) is 0. The molecular formula is C14H25NO2. The van der Waals surface area contributed by atoms with Crippen LogP contribution in [0.25, 0.3) is 0 Å². The van der Waals surface area contributed by atoms with Crippen molar-refractivity contribution in [2.45, 2.75) is 63.0 Å². The number of likely N-dealkylation sites (N-methyl/N-ethyl adjacent to an activating group) is 1. The summed E-state index contributed by atoms with van der Waals surface area (Å²) in [6.45, 7) is 0.887. The quantitative estimate of drug-likeness (QED) is 0.738. The molecule has 0 amide bonds. The zero-order valence-corrected chi connectivity index (χ0v) is 11.2. The van der Waals surface area contributed by atoms with E-state index in [1.54, 1.807) is 0 Å². The number of rotatable bonds is 5. The summed E-state index contributed by atoms with van der Waals surface area (Å²) in [7, 11) is 4.10. The summed E-state index contributed by atoms with van der Waals surface area (Å²) < 4.78 is 5.59. The lowest BCUT2D eigenvalue weighted by atomic mass is 9.87. The number of hydrogen-bond acceptors (Lipinski definition) is 3. The minimum Gasteiger partial charge on any atom is -0.378 e. The van der Waals surface area contributed by atoms with Crippen molar-refractivity contribution >= 4 is 5.78 Å². The van der Waals surface area contributed by atoms with Crippen LogP contribution >= 0.6 is 0 Å². The summed E-state index contributed by atoms with van der Waals surface area (Å²) in [4.78, 5) is 14.6. The van der Waals surface area contributed by atoms with Crippen molar-refractivity contribution in [3.8, 4) is 0 Å². The summed E-state index contributed by atoms with van der Waals surface area (Å²) in [6, 6.07) is 0. The SMILES string of the molecule is CN(C)C1(C(=O)CCC2CCCO2)CCCC1.